The van der Waals surface area contributed by atoms with E-state index in [0.717, 1.165) is 0 Å². The number of carbonyl (C=O) groups is 6. The van der Waals surface area contributed by atoms with E-state index >= 15 is 0 Å². The number of rotatable bonds is 18. The molecule has 10 N–H and O–H groups in total. The van der Waals surface area contributed by atoms with Gasteiger partial charge in [-0.1, -0.05) is 41.5 Å². The molecule has 46 heavy (non-hydrogen) atoms. The van der Waals surface area contributed by atoms with E-state index in [1.165, 1.54) is 41.5 Å². The molecule has 0 bridgehead atoms. The van der Waals surface area contributed by atoms with Crippen LogP contribution in [0.2, 0.25) is 0 Å². The predicted molar refractivity (Wildman–Crippen MR) is 157 cm³/mol. The Morgan fingerprint density at radius 1 is 0.543 bits per heavy atom. The smallest absolute Gasteiger partial charge is 0.550 e. The number of carboxylic acid groups (broad SMARTS) is 3. The first-order valence-corrected chi connectivity index (χ1v) is 13.7. The van der Waals surface area contributed by atoms with Gasteiger partial charge in [0.05, 0.1) is 26.2 Å². The van der Waals surface area contributed by atoms with Crippen LogP contribution in [0.15, 0.2) is 0 Å². The molecule has 19 heteroatoms. The third-order valence-electron chi connectivity index (χ3n) is 6.08. The standard InChI is InChI=1S/3C9H17NO5.Ca/c3*1-9(2,5-11)7(14)8(15)10-4-3-6(12)13;/h3*7,11,14H,3-5H2,1-2H3,(H,10,15)(H,12,13);/q;;;+2/p-2/t3*7-;/m000./s1. The Kier molecular flexibility index (Phi) is 27.5. The Bertz CT molecular complexity index is 842. The van der Waals surface area contributed by atoms with Crippen LogP contribution < -0.4 is 26.2 Å². The zero-order valence-corrected chi connectivity index (χ0v) is 29.4. The van der Waals surface area contributed by atoms with Gasteiger partial charge in [0.25, 0.3) is 0 Å². The number of hydrogen-bond acceptors (Lipinski definition) is 14. The van der Waals surface area contributed by atoms with E-state index in [0.29, 0.717) is 0 Å². The van der Waals surface area contributed by atoms with Crippen molar-refractivity contribution in [1.82, 2.24) is 16.0 Å². The Balaban J connectivity index is -0.000000285. The first-order valence-electron chi connectivity index (χ1n) is 13.7. The number of hydrogen-bond donors (Lipinski definition) is 10. The molecule has 0 rings (SSSR count). The normalized spacial score (nSPS) is 13.0. The SMILES string of the molecule is CC(C)(CO)[C@@H](O)C(=O)NCCC(=O)O.CC(C)(CO)[C@@H](O)C(=O)NCCC(=O)[O-].CC(C)(CO)[C@@H](O)C(=O)NCCC(=O)[O-].[Ca+2]. The molecular weight excluding hydrogens is 646 g/mol. The summed E-state index contributed by atoms with van der Waals surface area (Å²) in [7, 11) is 0. The average molecular weight is 696 g/mol. The van der Waals surface area contributed by atoms with Crippen molar-refractivity contribution in [2.45, 2.75) is 79.1 Å². The zero-order chi connectivity index (χ0) is 36.2. The number of aliphatic hydroxyl groups is 6. The van der Waals surface area contributed by atoms with Crippen molar-refractivity contribution in [3.63, 3.8) is 0 Å². The summed E-state index contributed by atoms with van der Waals surface area (Å²) in [6.45, 7) is 7.91. The minimum absolute atomic E-state index is 0. The van der Waals surface area contributed by atoms with Gasteiger partial charge in [-0.05, 0) is 0 Å². The quantitative estimate of drug-likeness (QED) is 0.0596. The molecule has 3 amide bonds. The molecule has 3 atom stereocenters. The largest absolute Gasteiger partial charge is 2.00 e. The molecule has 0 heterocycles. The topological polar surface area (TPSA) is 326 Å². The second-order valence-corrected chi connectivity index (χ2v) is 11.9. The number of amides is 3. The van der Waals surface area contributed by atoms with E-state index in [1.54, 1.807) is 0 Å². The Morgan fingerprint density at radius 3 is 0.935 bits per heavy atom. The number of carbonyl (C=O) groups excluding carboxylic acids is 5. The fourth-order valence-corrected chi connectivity index (χ4v) is 2.48. The summed E-state index contributed by atoms with van der Waals surface area (Å²) in [6.07, 6.45) is -4.90. The molecule has 0 aliphatic heterocycles. The second kappa shape index (κ2) is 24.9. The molecule has 0 radical (unpaired) electrons. The first-order chi connectivity index (χ1) is 20.4. The van der Waals surface area contributed by atoms with Gasteiger partial charge in [0.15, 0.2) is 0 Å². The fraction of sp³-hybridized carbons (Fsp3) is 0.778. The minimum atomic E-state index is -1.37. The Morgan fingerprint density at radius 2 is 0.761 bits per heavy atom. The predicted octanol–water partition coefficient (Wildman–Crippen LogP) is -6.18. The van der Waals surface area contributed by atoms with Crippen LogP contribution in [0.3, 0.4) is 0 Å². The van der Waals surface area contributed by atoms with Crippen LogP contribution in [0.5, 0.6) is 0 Å². The van der Waals surface area contributed by atoms with Crippen molar-refractivity contribution in [3.05, 3.63) is 0 Å². The molecule has 18 nitrogen and oxygen atoms in total. The Hall–Kier alpha value is -2.16. The van der Waals surface area contributed by atoms with Gasteiger partial charge < -0.3 is 71.5 Å². The molecule has 264 valence electrons. The van der Waals surface area contributed by atoms with Crippen LogP contribution in [0.25, 0.3) is 0 Å². The van der Waals surface area contributed by atoms with Gasteiger partial charge in [0, 0.05) is 60.7 Å². The third-order valence-corrected chi connectivity index (χ3v) is 6.08. The summed E-state index contributed by atoms with van der Waals surface area (Å²) < 4.78 is 0. The van der Waals surface area contributed by atoms with Crippen LogP contribution >= 0.6 is 0 Å². The molecule has 0 spiro atoms. The van der Waals surface area contributed by atoms with Gasteiger partial charge in [0.1, 0.15) is 18.3 Å². The van der Waals surface area contributed by atoms with Crippen molar-refractivity contribution in [2.24, 2.45) is 16.2 Å². The van der Waals surface area contributed by atoms with Gasteiger partial charge >= 0.3 is 43.7 Å². The molecular formula is C27H49CaN3O15. The number of aliphatic carboxylic acids is 3. The summed E-state index contributed by atoms with van der Waals surface area (Å²) in [6, 6.07) is 0. The molecule has 0 aromatic carbocycles. The summed E-state index contributed by atoms with van der Waals surface area (Å²) in [5.74, 6) is -5.63. The van der Waals surface area contributed by atoms with Crippen molar-refractivity contribution in [3.8, 4) is 0 Å². The van der Waals surface area contributed by atoms with Crippen molar-refractivity contribution in [1.29, 1.82) is 0 Å². The molecule has 0 aliphatic carbocycles. The zero-order valence-electron chi connectivity index (χ0n) is 27.2. The second-order valence-electron chi connectivity index (χ2n) is 11.9. The van der Waals surface area contributed by atoms with E-state index in [1.807, 2.05) is 0 Å². The molecule has 0 saturated carbocycles. The van der Waals surface area contributed by atoms with Crippen molar-refractivity contribution >= 4 is 73.4 Å². The average Bonchev–Trinajstić information content (AvgIpc) is 2.95. The number of nitrogens with one attached hydrogen (secondary N) is 3. The molecule has 0 aromatic heterocycles. The molecule has 0 aliphatic rings. The third kappa shape index (κ3) is 23.2. The maximum absolute atomic E-state index is 11.3. The molecule has 0 aromatic rings. The fourth-order valence-electron chi connectivity index (χ4n) is 2.48. The van der Waals surface area contributed by atoms with Gasteiger partial charge in [-0.3, -0.25) is 19.2 Å². The van der Waals surface area contributed by atoms with Crippen LogP contribution in [0, 0.1) is 16.2 Å². The number of aliphatic hydroxyl groups excluding tert-OH is 6. The summed E-state index contributed by atoms with van der Waals surface area (Å²) in [5, 5.41) is 90.2. The number of carboxylic acids is 3. The van der Waals surface area contributed by atoms with Crippen LogP contribution in [-0.4, -0.2) is 167 Å². The van der Waals surface area contributed by atoms with E-state index in [4.69, 9.17) is 20.4 Å². The molecule has 0 fully saturated rings. The van der Waals surface area contributed by atoms with E-state index in [9.17, 15) is 54.3 Å². The van der Waals surface area contributed by atoms with Gasteiger partial charge in [-0.25, -0.2) is 0 Å². The van der Waals surface area contributed by atoms with Crippen molar-refractivity contribution < 1.29 is 74.7 Å². The van der Waals surface area contributed by atoms with Gasteiger partial charge in [-0.2, -0.15) is 0 Å². The molecule has 0 saturated heterocycles. The first kappa shape index (κ1) is 50.7. The van der Waals surface area contributed by atoms with Crippen LogP contribution in [0.1, 0.15) is 60.8 Å². The van der Waals surface area contributed by atoms with E-state index < -0.39 is 70.2 Å². The monoisotopic (exact) mass is 695 g/mol. The minimum Gasteiger partial charge on any atom is -0.550 e. The van der Waals surface area contributed by atoms with E-state index in [-0.39, 0.29) is 96.5 Å². The van der Waals surface area contributed by atoms with Crippen LogP contribution in [0.4, 0.5) is 0 Å². The van der Waals surface area contributed by atoms with E-state index in [2.05, 4.69) is 16.0 Å². The summed E-state index contributed by atoms with van der Waals surface area (Å²) in [4.78, 5) is 64.0. The van der Waals surface area contributed by atoms with Crippen LogP contribution in [-0.2, 0) is 28.8 Å². The van der Waals surface area contributed by atoms with Gasteiger partial charge in [-0.15, -0.1) is 0 Å². The maximum Gasteiger partial charge on any atom is 2.00 e. The summed E-state index contributed by atoms with van der Waals surface area (Å²) >= 11 is 0. The maximum atomic E-state index is 11.3. The summed E-state index contributed by atoms with van der Waals surface area (Å²) in [5.41, 5.74) is -2.84. The van der Waals surface area contributed by atoms with Crippen molar-refractivity contribution in [2.75, 3.05) is 39.5 Å². The van der Waals surface area contributed by atoms with Gasteiger partial charge in [0.2, 0.25) is 17.7 Å². The molecule has 0 unspecified atom stereocenters. The Labute approximate surface area is 297 Å².